The second kappa shape index (κ2) is 10.4. The predicted octanol–water partition coefficient (Wildman–Crippen LogP) is 7.13. The molecule has 1 amide bonds. The molecule has 0 aliphatic carbocycles. The molecule has 4 nitrogen and oxygen atoms in total. The Labute approximate surface area is 170 Å². The van der Waals surface area contributed by atoms with E-state index >= 15 is 0 Å². The van der Waals surface area contributed by atoms with Crippen molar-refractivity contribution in [2.75, 3.05) is 5.32 Å². The van der Waals surface area contributed by atoms with Crippen LogP contribution in [0.2, 0.25) is 10.0 Å². The van der Waals surface area contributed by atoms with Gasteiger partial charge in [-0.15, -0.1) is 0 Å². The molecule has 2 aromatic rings. The highest BCUT2D eigenvalue weighted by Gasteiger charge is 2.16. The Hall–Kier alpha value is -1.91. The number of aromatic hydroxyl groups is 1. The highest BCUT2D eigenvalue weighted by Crippen LogP contribution is 2.38. The van der Waals surface area contributed by atoms with E-state index in [1.807, 2.05) is 18.2 Å². The zero-order valence-corrected chi connectivity index (χ0v) is 17.2. The summed E-state index contributed by atoms with van der Waals surface area (Å²) in [4.78, 5) is 12.3. The molecular formula is C21H25Cl2NO3. The lowest BCUT2D eigenvalue weighted by atomic mass is 10.0. The third-order valence-electron chi connectivity index (χ3n) is 4.38. The van der Waals surface area contributed by atoms with Crippen molar-refractivity contribution in [1.82, 2.24) is 0 Å². The molecule has 2 aromatic carbocycles. The molecular weight excluding hydrogens is 385 g/mol. The van der Waals surface area contributed by atoms with Gasteiger partial charge < -0.3 is 9.84 Å². The molecule has 0 radical (unpaired) electrons. The van der Waals surface area contributed by atoms with Gasteiger partial charge in [-0.1, -0.05) is 74.0 Å². The maximum absolute atomic E-state index is 12.3. The smallest absolute Gasteiger partial charge is 0.417 e. The first-order valence-corrected chi connectivity index (χ1v) is 9.94. The number of carbonyl (C=O) groups is 1. The van der Waals surface area contributed by atoms with Crippen molar-refractivity contribution in [3.63, 3.8) is 0 Å². The number of amides is 1. The van der Waals surface area contributed by atoms with Crippen molar-refractivity contribution in [3.05, 3.63) is 51.5 Å². The summed E-state index contributed by atoms with van der Waals surface area (Å²) in [6, 6.07) is 8.91. The minimum absolute atomic E-state index is 0.102. The number of unbranched alkanes of at least 4 members (excludes halogenated alkanes) is 4. The van der Waals surface area contributed by atoms with Crippen LogP contribution in [0.4, 0.5) is 10.5 Å². The summed E-state index contributed by atoms with van der Waals surface area (Å²) in [5.74, 6) is 0.272. The van der Waals surface area contributed by atoms with Gasteiger partial charge in [-0.25, -0.2) is 4.79 Å². The lowest BCUT2D eigenvalue weighted by Crippen LogP contribution is -2.17. The van der Waals surface area contributed by atoms with Crippen molar-refractivity contribution in [2.45, 2.75) is 52.4 Å². The number of para-hydroxylation sites is 1. The fraction of sp³-hybridized carbons (Fsp3) is 0.381. The monoisotopic (exact) mass is 409 g/mol. The van der Waals surface area contributed by atoms with Crippen LogP contribution in [0.15, 0.2) is 30.3 Å². The average Bonchev–Trinajstić information content (AvgIpc) is 2.65. The number of phenolic OH excluding ortho intramolecular Hbond substituents is 1. The number of anilines is 1. The molecule has 0 bridgehead atoms. The fourth-order valence-electron chi connectivity index (χ4n) is 2.76. The number of rotatable bonds is 8. The van der Waals surface area contributed by atoms with E-state index in [-0.39, 0.29) is 16.5 Å². The molecule has 2 rings (SSSR count). The first-order chi connectivity index (χ1) is 12.9. The van der Waals surface area contributed by atoms with E-state index < -0.39 is 6.09 Å². The number of nitrogens with one attached hydrogen (secondary N) is 1. The number of ether oxygens (including phenoxy) is 1. The van der Waals surface area contributed by atoms with Crippen LogP contribution in [0.5, 0.6) is 11.5 Å². The second-order valence-corrected chi connectivity index (χ2v) is 7.27. The van der Waals surface area contributed by atoms with Gasteiger partial charge in [0, 0.05) is 5.02 Å². The van der Waals surface area contributed by atoms with Crippen molar-refractivity contribution >= 4 is 35.0 Å². The van der Waals surface area contributed by atoms with E-state index in [0.29, 0.717) is 16.3 Å². The van der Waals surface area contributed by atoms with Crippen LogP contribution in [-0.4, -0.2) is 11.2 Å². The van der Waals surface area contributed by atoms with E-state index in [4.69, 9.17) is 27.9 Å². The molecule has 0 saturated carbocycles. The molecule has 0 spiro atoms. The first-order valence-electron chi connectivity index (χ1n) is 9.18. The molecule has 2 N–H and O–H groups in total. The zero-order valence-electron chi connectivity index (χ0n) is 15.6. The molecule has 0 unspecified atom stereocenters. The fourth-order valence-corrected chi connectivity index (χ4v) is 3.22. The summed E-state index contributed by atoms with van der Waals surface area (Å²) in [5, 5.41) is 13.0. The zero-order chi connectivity index (χ0) is 19.8. The molecule has 146 valence electrons. The lowest BCUT2D eigenvalue weighted by Gasteiger charge is -2.13. The number of phenols is 1. The number of carbonyl (C=O) groups excluding carboxylic acids is 1. The van der Waals surface area contributed by atoms with Crippen LogP contribution in [0.1, 0.15) is 50.2 Å². The molecule has 0 aromatic heterocycles. The Bertz CT molecular complexity index is 793. The van der Waals surface area contributed by atoms with Gasteiger partial charge in [0.1, 0.15) is 5.75 Å². The van der Waals surface area contributed by atoms with Crippen LogP contribution >= 0.6 is 23.2 Å². The maximum Gasteiger partial charge on any atom is 0.417 e. The van der Waals surface area contributed by atoms with E-state index in [1.165, 1.54) is 25.3 Å². The minimum atomic E-state index is -0.709. The van der Waals surface area contributed by atoms with Crippen molar-refractivity contribution < 1.29 is 14.6 Å². The Morgan fingerprint density at radius 1 is 1.15 bits per heavy atom. The Balaban J connectivity index is 2.02. The normalized spacial score (nSPS) is 10.7. The Kier molecular flexibility index (Phi) is 8.26. The van der Waals surface area contributed by atoms with Crippen molar-refractivity contribution in [1.29, 1.82) is 0 Å². The first kappa shape index (κ1) is 21.4. The Morgan fingerprint density at radius 3 is 2.59 bits per heavy atom. The number of benzene rings is 2. The average molecular weight is 410 g/mol. The maximum atomic E-state index is 12.3. The quantitative estimate of drug-likeness (QED) is 0.359. The van der Waals surface area contributed by atoms with Crippen LogP contribution in [-0.2, 0) is 6.42 Å². The largest absolute Gasteiger partial charge is 0.504 e. The minimum Gasteiger partial charge on any atom is -0.504 e. The number of hydrogen-bond acceptors (Lipinski definition) is 3. The summed E-state index contributed by atoms with van der Waals surface area (Å²) in [6.07, 6.45) is 6.01. The summed E-state index contributed by atoms with van der Waals surface area (Å²) in [5.41, 5.74) is 1.63. The van der Waals surface area contributed by atoms with E-state index in [1.54, 1.807) is 13.0 Å². The van der Waals surface area contributed by atoms with Crippen LogP contribution in [0.3, 0.4) is 0 Å². The molecule has 0 heterocycles. The van der Waals surface area contributed by atoms with Gasteiger partial charge in [0.25, 0.3) is 0 Å². The lowest BCUT2D eigenvalue weighted by molar-refractivity contribution is 0.214. The van der Waals surface area contributed by atoms with E-state index in [9.17, 15) is 9.90 Å². The molecule has 6 heteroatoms. The van der Waals surface area contributed by atoms with Gasteiger partial charge in [-0.2, -0.15) is 0 Å². The molecule has 0 atom stereocenters. The number of aryl methyl sites for hydroxylation is 1. The number of halogens is 2. The van der Waals surface area contributed by atoms with E-state index in [2.05, 4.69) is 12.2 Å². The summed E-state index contributed by atoms with van der Waals surface area (Å²) >= 11 is 12.1. The third-order valence-corrected chi connectivity index (χ3v) is 5.24. The van der Waals surface area contributed by atoms with Crippen molar-refractivity contribution in [2.24, 2.45) is 0 Å². The third kappa shape index (κ3) is 6.05. The molecule has 0 aliphatic rings. The number of hydrogen-bond donors (Lipinski definition) is 2. The topological polar surface area (TPSA) is 58.6 Å². The summed E-state index contributed by atoms with van der Waals surface area (Å²) < 4.78 is 5.45. The highest BCUT2D eigenvalue weighted by molar-refractivity contribution is 6.37. The van der Waals surface area contributed by atoms with Gasteiger partial charge in [0.2, 0.25) is 0 Å². The summed E-state index contributed by atoms with van der Waals surface area (Å²) in [6.45, 7) is 3.87. The van der Waals surface area contributed by atoms with Gasteiger partial charge >= 0.3 is 6.09 Å². The van der Waals surface area contributed by atoms with Gasteiger partial charge in [0.05, 0.1) is 10.7 Å². The van der Waals surface area contributed by atoms with E-state index in [0.717, 1.165) is 24.8 Å². The van der Waals surface area contributed by atoms with Gasteiger partial charge in [0.15, 0.2) is 5.75 Å². The molecule has 0 fully saturated rings. The Morgan fingerprint density at radius 2 is 1.85 bits per heavy atom. The standard InChI is InChI=1S/C21H25Cl2NO3/c1-3-4-5-6-7-10-15-11-8-9-12-18(15)27-21(26)24-17-13-16(22)14(2)19(23)20(17)25/h8-9,11-13,25H,3-7,10H2,1-2H3,(H,24,26). The highest BCUT2D eigenvalue weighted by atomic mass is 35.5. The molecule has 27 heavy (non-hydrogen) atoms. The van der Waals surface area contributed by atoms with Gasteiger partial charge in [-0.05, 0) is 43.0 Å². The van der Waals surface area contributed by atoms with Crippen molar-refractivity contribution in [3.8, 4) is 11.5 Å². The molecule has 0 saturated heterocycles. The van der Waals surface area contributed by atoms with Gasteiger partial charge in [-0.3, -0.25) is 5.32 Å². The SMILES string of the molecule is CCCCCCCc1ccccc1OC(=O)Nc1cc(Cl)c(C)c(Cl)c1O. The molecule has 0 aliphatic heterocycles. The summed E-state index contributed by atoms with van der Waals surface area (Å²) in [7, 11) is 0. The van der Waals surface area contributed by atoms with Crippen LogP contribution in [0, 0.1) is 6.92 Å². The van der Waals surface area contributed by atoms with Crippen LogP contribution < -0.4 is 10.1 Å². The predicted molar refractivity (Wildman–Crippen MR) is 111 cm³/mol. The van der Waals surface area contributed by atoms with Crippen LogP contribution in [0.25, 0.3) is 0 Å². The second-order valence-electron chi connectivity index (χ2n) is 6.48.